The number of β-amino-alcohol motifs (C(OH)–C–C–N with tert-alkyl or cyclic N) is 1. The molecule has 1 saturated heterocycles. The van der Waals surface area contributed by atoms with E-state index in [4.69, 9.17) is 16.3 Å². The lowest BCUT2D eigenvalue weighted by molar-refractivity contribution is -0.145. The first-order valence-corrected chi connectivity index (χ1v) is 15.0. The number of methoxy groups -OCH3 is 1. The molecule has 12 heteroatoms. The van der Waals surface area contributed by atoms with Crippen LogP contribution in [0.1, 0.15) is 28.7 Å². The van der Waals surface area contributed by atoms with Crippen molar-refractivity contribution in [1.29, 1.82) is 0 Å². The second kappa shape index (κ2) is 10.1. The standard InChI is InChI=1S/C29H28ClN3O7S/c1-40-26-5-3-2-4-22(26)29(32-16-20(34)14-25(32)27(35)36)23-13-19(30)7-9-24(23)33(28(29)37)41(38,39)21-8-6-17-10-11-31-15-18(17)12-21/h2-9,12-13,20,25,31,34H,10-11,14-16H2,1H3,(H,35,36)/t20-,25+,29?/m1/s1. The van der Waals surface area contributed by atoms with E-state index in [1.54, 1.807) is 36.4 Å². The first kappa shape index (κ1) is 27.7. The smallest absolute Gasteiger partial charge is 0.321 e. The average Bonchev–Trinajstić information content (AvgIpc) is 3.48. The van der Waals surface area contributed by atoms with Gasteiger partial charge in [-0.1, -0.05) is 35.9 Å². The summed E-state index contributed by atoms with van der Waals surface area (Å²) in [6, 6.07) is 14.5. The summed E-state index contributed by atoms with van der Waals surface area (Å²) in [5.74, 6) is -1.91. The summed E-state index contributed by atoms with van der Waals surface area (Å²) in [5, 5.41) is 24.3. The van der Waals surface area contributed by atoms with Crippen molar-refractivity contribution in [2.45, 2.75) is 42.0 Å². The highest BCUT2D eigenvalue weighted by atomic mass is 35.5. The summed E-state index contributed by atoms with van der Waals surface area (Å²) in [6.07, 6.45) is -0.471. The molecule has 3 aromatic carbocycles. The van der Waals surface area contributed by atoms with Crippen molar-refractivity contribution in [1.82, 2.24) is 10.2 Å². The van der Waals surface area contributed by atoms with Crippen molar-refractivity contribution in [3.05, 3.63) is 87.9 Å². The zero-order chi connectivity index (χ0) is 29.1. The van der Waals surface area contributed by atoms with Crippen LogP contribution >= 0.6 is 11.6 Å². The van der Waals surface area contributed by atoms with Crippen molar-refractivity contribution >= 4 is 39.2 Å². The van der Waals surface area contributed by atoms with Gasteiger partial charge in [-0.2, -0.15) is 0 Å². The molecule has 0 saturated carbocycles. The summed E-state index contributed by atoms with van der Waals surface area (Å²) < 4.78 is 35.1. The van der Waals surface area contributed by atoms with Gasteiger partial charge in [0.15, 0.2) is 5.54 Å². The number of aliphatic carboxylic acids is 1. The fraction of sp³-hybridized carbons (Fsp3) is 0.310. The van der Waals surface area contributed by atoms with Gasteiger partial charge in [-0.15, -0.1) is 0 Å². The number of nitrogens with zero attached hydrogens (tertiary/aromatic N) is 2. The van der Waals surface area contributed by atoms with E-state index >= 15 is 0 Å². The number of aliphatic hydroxyl groups excluding tert-OH is 1. The molecule has 3 aliphatic heterocycles. The summed E-state index contributed by atoms with van der Waals surface area (Å²) >= 11 is 6.45. The number of para-hydroxylation sites is 1. The van der Waals surface area contributed by atoms with Gasteiger partial charge in [0.05, 0.1) is 23.8 Å². The van der Waals surface area contributed by atoms with Crippen LogP contribution in [0, 0.1) is 0 Å². The summed E-state index contributed by atoms with van der Waals surface area (Å²) in [5.41, 5.74) is 0.334. The molecule has 1 fully saturated rings. The molecule has 1 unspecified atom stereocenters. The number of ether oxygens (including phenoxy) is 1. The zero-order valence-electron chi connectivity index (χ0n) is 22.1. The summed E-state index contributed by atoms with van der Waals surface area (Å²) in [7, 11) is -3.08. The first-order chi connectivity index (χ1) is 19.6. The minimum absolute atomic E-state index is 0.0479. The number of hydrogen-bond acceptors (Lipinski definition) is 8. The number of hydrogen-bond donors (Lipinski definition) is 3. The Kier molecular flexibility index (Phi) is 6.82. The number of sulfonamides is 1. The highest BCUT2D eigenvalue weighted by molar-refractivity contribution is 7.93. The number of anilines is 1. The van der Waals surface area contributed by atoms with Gasteiger partial charge in [0.25, 0.3) is 15.9 Å². The summed E-state index contributed by atoms with van der Waals surface area (Å²) in [6.45, 7) is 1.08. The van der Waals surface area contributed by atoms with Gasteiger partial charge in [0.2, 0.25) is 0 Å². The fourth-order valence-electron chi connectivity index (χ4n) is 6.36. The predicted octanol–water partition coefficient (Wildman–Crippen LogP) is 2.49. The van der Waals surface area contributed by atoms with E-state index in [0.717, 1.165) is 28.4 Å². The average molecular weight is 598 g/mol. The Morgan fingerprint density at radius 2 is 1.88 bits per heavy atom. The normalized spacial score (nSPS) is 24.3. The third-order valence-electron chi connectivity index (χ3n) is 8.16. The molecular weight excluding hydrogens is 570 g/mol. The third kappa shape index (κ3) is 4.14. The Morgan fingerprint density at radius 3 is 2.63 bits per heavy atom. The molecule has 3 aromatic rings. The lowest BCUT2D eigenvalue weighted by Crippen LogP contribution is -2.58. The van der Waals surface area contributed by atoms with Crippen LogP contribution in [0.15, 0.2) is 65.6 Å². The van der Waals surface area contributed by atoms with Crippen molar-refractivity contribution in [2.24, 2.45) is 0 Å². The van der Waals surface area contributed by atoms with E-state index in [1.165, 1.54) is 36.3 Å². The molecule has 3 N–H and O–H groups in total. The van der Waals surface area contributed by atoms with Crippen LogP contribution in [0.25, 0.3) is 0 Å². The number of carbonyl (C=O) groups is 2. The molecule has 0 spiro atoms. The van der Waals surface area contributed by atoms with E-state index in [9.17, 15) is 28.2 Å². The fourth-order valence-corrected chi connectivity index (χ4v) is 8.05. The number of rotatable bonds is 6. The molecular formula is C29H28ClN3O7S. The number of likely N-dealkylation sites (tertiary alicyclic amines) is 1. The number of amides is 1. The molecule has 214 valence electrons. The Balaban J connectivity index is 1.64. The Bertz CT molecular complexity index is 1680. The molecule has 6 rings (SSSR count). The Morgan fingerprint density at radius 1 is 1.10 bits per heavy atom. The summed E-state index contributed by atoms with van der Waals surface area (Å²) in [4.78, 5) is 28.8. The molecule has 10 nitrogen and oxygen atoms in total. The SMILES string of the molecule is COc1ccccc1C1(N2C[C@H](O)C[C@H]2C(=O)O)C(=O)N(S(=O)(=O)c2ccc3c(c2)CNCC3)c2ccc(Cl)cc21. The van der Waals surface area contributed by atoms with E-state index < -0.39 is 39.6 Å². The molecule has 3 aliphatic rings. The second-order valence-corrected chi connectivity index (χ2v) is 12.6. The number of carboxylic acid groups (broad SMARTS) is 1. The van der Waals surface area contributed by atoms with E-state index in [2.05, 4.69) is 5.32 Å². The van der Waals surface area contributed by atoms with Gasteiger partial charge in [-0.05, 0) is 60.5 Å². The maximum atomic E-state index is 15.0. The van der Waals surface area contributed by atoms with Gasteiger partial charge < -0.3 is 20.3 Å². The van der Waals surface area contributed by atoms with Gasteiger partial charge >= 0.3 is 5.97 Å². The van der Waals surface area contributed by atoms with E-state index in [1.807, 2.05) is 0 Å². The Labute approximate surface area is 242 Å². The predicted molar refractivity (Wildman–Crippen MR) is 151 cm³/mol. The van der Waals surface area contributed by atoms with Gasteiger partial charge in [0, 0.05) is 35.7 Å². The first-order valence-electron chi connectivity index (χ1n) is 13.1. The highest BCUT2D eigenvalue weighted by Crippen LogP contribution is 2.54. The maximum absolute atomic E-state index is 15.0. The second-order valence-electron chi connectivity index (χ2n) is 10.4. The number of aliphatic hydroxyl groups is 1. The van der Waals surface area contributed by atoms with Crippen LogP contribution in [0.3, 0.4) is 0 Å². The minimum atomic E-state index is -4.49. The monoisotopic (exact) mass is 597 g/mol. The molecule has 1 amide bonds. The minimum Gasteiger partial charge on any atom is -0.496 e. The number of carbonyl (C=O) groups excluding carboxylic acids is 1. The van der Waals surface area contributed by atoms with Gasteiger partial charge in [-0.25, -0.2) is 12.7 Å². The van der Waals surface area contributed by atoms with Crippen LogP contribution in [-0.4, -0.2) is 67.8 Å². The molecule has 41 heavy (non-hydrogen) atoms. The molecule has 0 aromatic heterocycles. The van der Waals surface area contributed by atoms with Crippen molar-refractivity contribution in [2.75, 3.05) is 24.5 Å². The molecule has 0 bridgehead atoms. The Hall–Kier alpha value is -3.48. The van der Waals surface area contributed by atoms with Crippen molar-refractivity contribution in [3.63, 3.8) is 0 Å². The number of carboxylic acids is 1. The van der Waals surface area contributed by atoms with Crippen LogP contribution in [0.5, 0.6) is 5.75 Å². The van der Waals surface area contributed by atoms with Crippen molar-refractivity contribution < 1.29 is 33.0 Å². The number of benzene rings is 3. The number of nitrogens with one attached hydrogen (secondary N) is 1. The van der Waals surface area contributed by atoms with Crippen molar-refractivity contribution in [3.8, 4) is 5.75 Å². The maximum Gasteiger partial charge on any atom is 0.321 e. The number of halogens is 1. The molecule has 0 aliphatic carbocycles. The lowest BCUT2D eigenvalue weighted by atomic mass is 9.81. The zero-order valence-corrected chi connectivity index (χ0v) is 23.7. The van der Waals surface area contributed by atoms with E-state index in [-0.39, 0.29) is 45.4 Å². The lowest BCUT2D eigenvalue weighted by Gasteiger charge is -2.40. The molecule has 3 atom stereocenters. The third-order valence-corrected chi connectivity index (χ3v) is 10.1. The van der Waals surface area contributed by atoms with Crippen LogP contribution < -0.4 is 14.4 Å². The topological polar surface area (TPSA) is 136 Å². The largest absolute Gasteiger partial charge is 0.496 e. The highest BCUT2D eigenvalue weighted by Gasteiger charge is 2.63. The molecule has 3 heterocycles. The van der Waals surface area contributed by atoms with Crippen LogP contribution in [0.4, 0.5) is 5.69 Å². The van der Waals surface area contributed by atoms with Gasteiger partial charge in [0.1, 0.15) is 11.8 Å². The van der Waals surface area contributed by atoms with E-state index in [0.29, 0.717) is 6.54 Å². The van der Waals surface area contributed by atoms with Crippen LogP contribution in [-0.2, 0) is 38.1 Å². The number of fused-ring (bicyclic) bond motifs is 2. The van der Waals surface area contributed by atoms with Gasteiger partial charge in [-0.3, -0.25) is 14.5 Å². The quantitative estimate of drug-likeness (QED) is 0.391. The van der Waals surface area contributed by atoms with Crippen LogP contribution in [0.2, 0.25) is 5.02 Å². The molecule has 0 radical (unpaired) electrons.